The molecule has 0 aliphatic heterocycles. The minimum Gasteiger partial charge on any atom is -0.396 e. The Bertz CT molecular complexity index is 304. The van der Waals surface area contributed by atoms with Gasteiger partial charge < -0.3 is 35.4 Å². The minimum absolute atomic E-state index is 0.116. The molecule has 0 saturated carbocycles. The van der Waals surface area contributed by atoms with Gasteiger partial charge in [0.1, 0.15) is 24.4 Å². The molecular weight excluding hydrogens is 352 g/mol. The van der Waals surface area contributed by atoms with Gasteiger partial charge in [-0.2, -0.15) is 0 Å². The molecule has 4 atom stereocenters. The Labute approximate surface area is 164 Å². The van der Waals surface area contributed by atoms with Gasteiger partial charge in [-0.1, -0.05) is 64.2 Å². The van der Waals surface area contributed by atoms with E-state index in [0.29, 0.717) is 13.2 Å². The van der Waals surface area contributed by atoms with Crippen molar-refractivity contribution >= 4 is 0 Å². The maximum Gasteiger partial charge on any atom is 0.111 e. The molecular formula is C20H42O7. The van der Waals surface area contributed by atoms with Gasteiger partial charge in [0.15, 0.2) is 0 Å². The van der Waals surface area contributed by atoms with Crippen molar-refractivity contribution in [3.05, 3.63) is 0 Å². The number of hydrogen-bond donors (Lipinski definition) is 6. The Morgan fingerprint density at radius 3 is 1.37 bits per heavy atom. The van der Waals surface area contributed by atoms with Crippen LogP contribution < -0.4 is 0 Å². The summed E-state index contributed by atoms with van der Waals surface area (Å²) in [7, 11) is 0. The van der Waals surface area contributed by atoms with E-state index in [1.165, 1.54) is 44.9 Å². The molecule has 0 unspecified atom stereocenters. The fourth-order valence-electron chi connectivity index (χ4n) is 2.95. The summed E-state index contributed by atoms with van der Waals surface area (Å²) < 4.78 is 5.30. The van der Waals surface area contributed by atoms with Crippen molar-refractivity contribution in [3.63, 3.8) is 0 Å². The van der Waals surface area contributed by atoms with E-state index in [1.807, 2.05) is 0 Å². The molecule has 0 saturated heterocycles. The van der Waals surface area contributed by atoms with E-state index in [-0.39, 0.29) is 6.61 Å². The van der Waals surface area contributed by atoms with E-state index in [0.717, 1.165) is 32.1 Å². The van der Waals surface area contributed by atoms with E-state index in [2.05, 4.69) is 0 Å². The fraction of sp³-hybridized carbons (Fsp3) is 1.00. The van der Waals surface area contributed by atoms with Crippen LogP contribution in [0.5, 0.6) is 0 Å². The van der Waals surface area contributed by atoms with Gasteiger partial charge in [-0.25, -0.2) is 0 Å². The molecule has 0 aliphatic rings. The topological polar surface area (TPSA) is 131 Å². The quantitative estimate of drug-likeness (QED) is 0.171. The highest BCUT2D eigenvalue weighted by molar-refractivity contribution is 4.80. The SMILES string of the molecule is OCCCCCCCCCCCCCCOC[C@H](O)[C@@H](O)[C@H](O)[C@H](O)CO. The molecule has 0 spiro atoms. The Kier molecular flexibility index (Phi) is 18.9. The normalized spacial score (nSPS) is 16.2. The number of aliphatic hydroxyl groups is 6. The summed E-state index contributed by atoms with van der Waals surface area (Å²) in [6, 6.07) is 0. The molecule has 0 aliphatic carbocycles. The van der Waals surface area contributed by atoms with Gasteiger partial charge in [0.25, 0.3) is 0 Å². The first-order chi connectivity index (χ1) is 13.0. The van der Waals surface area contributed by atoms with E-state index in [1.54, 1.807) is 0 Å². The molecule has 0 fully saturated rings. The van der Waals surface area contributed by atoms with Gasteiger partial charge in [0, 0.05) is 13.2 Å². The van der Waals surface area contributed by atoms with E-state index < -0.39 is 31.0 Å². The zero-order chi connectivity index (χ0) is 20.3. The molecule has 0 radical (unpaired) electrons. The molecule has 0 bridgehead atoms. The summed E-state index contributed by atoms with van der Waals surface area (Å²) in [6.07, 6.45) is 8.07. The lowest BCUT2D eigenvalue weighted by atomic mass is 10.0. The van der Waals surface area contributed by atoms with Gasteiger partial charge >= 0.3 is 0 Å². The van der Waals surface area contributed by atoms with Crippen LogP contribution in [-0.2, 0) is 4.74 Å². The molecule has 0 rings (SSSR count). The largest absolute Gasteiger partial charge is 0.396 e. The van der Waals surface area contributed by atoms with E-state index >= 15 is 0 Å². The van der Waals surface area contributed by atoms with Crippen molar-refractivity contribution in [2.24, 2.45) is 0 Å². The van der Waals surface area contributed by atoms with Gasteiger partial charge in [0.2, 0.25) is 0 Å². The smallest absolute Gasteiger partial charge is 0.111 e. The molecule has 0 aromatic heterocycles. The van der Waals surface area contributed by atoms with Crippen LogP contribution in [-0.4, -0.2) is 81.5 Å². The van der Waals surface area contributed by atoms with Crippen LogP contribution in [0.25, 0.3) is 0 Å². The third-order valence-corrected chi connectivity index (χ3v) is 4.81. The molecule has 164 valence electrons. The van der Waals surface area contributed by atoms with Crippen LogP contribution in [0.1, 0.15) is 77.0 Å². The molecule has 0 amide bonds. The van der Waals surface area contributed by atoms with E-state index in [9.17, 15) is 20.4 Å². The van der Waals surface area contributed by atoms with Crippen LogP contribution in [0.3, 0.4) is 0 Å². The monoisotopic (exact) mass is 394 g/mol. The van der Waals surface area contributed by atoms with Crippen molar-refractivity contribution < 1.29 is 35.4 Å². The second-order valence-electron chi connectivity index (χ2n) is 7.34. The Morgan fingerprint density at radius 1 is 0.519 bits per heavy atom. The van der Waals surface area contributed by atoms with Crippen molar-refractivity contribution in [3.8, 4) is 0 Å². The van der Waals surface area contributed by atoms with Gasteiger partial charge in [-0.3, -0.25) is 0 Å². The molecule has 7 heteroatoms. The lowest BCUT2D eigenvalue weighted by molar-refractivity contribution is -0.129. The Balaban J connectivity index is 3.35. The van der Waals surface area contributed by atoms with Crippen molar-refractivity contribution in [2.45, 2.75) is 101 Å². The number of rotatable bonds is 20. The summed E-state index contributed by atoms with van der Waals surface area (Å²) in [5, 5.41) is 55.5. The average molecular weight is 395 g/mol. The highest BCUT2D eigenvalue weighted by Gasteiger charge is 2.29. The second kappa shape index (κ2) is 19.1. The molecule has 0 aromatic carbocycles. The summed E-state index contributed by atoms with van der Waals surface area (Å²) in [6.45, 7) is -0.00710. The molecule has 0 heterocycles. The maximum atomic E-state index is 9.70. The maximum absolute atomic E-state index is 9.70. The number of ether oxygens (including phenoxy) is 1. The van der Waals surface area contributed by atoms with Crippen LogP contribution >= 0.6 is 0 Å². The van der Waals surface area contributed by atoms with Gasteiger partial charge in [-0.05, 0) is 12.8 Å². The molecule has 27 heavy (non-hydrogen) atoms. The molecule has 6 N–H and O–H groups in total. The van der Waals surface area contributed by atoms with Crippen molar-refractivity contribution in [1.82, 2.24) is 0 Å². The van der Waals surface area contributed by atoms with Crippen LogP contribution in [0, 0.1) is 0 Å². The fourth-order valence-corrected chi connectivity index (χ4v) is 2.95. The van der Waals surface area contributed by atoms with E-state index in [4.69, 9.17) is 14.9 Å². The Hall–Kier alpha value is -0.280. The number of unbranched alkanes of at least 4 members (excludes halogenated alkanes) is 11. The molecule has 7 nitrogen and oxygen atoms in total. The zero-order valence-electron chi connectivity index (χ0n) is 16.7. The van der Waals surface area contributed by atoms with Crippen LogP contribution in [0.2, 0.25) is 0 Å². The van der Waals surface area contributed by atoms with Crippen LogP contribution in [0.4, 0.5) is 0 Å². The number of hydrogen-bond acceptors (Lipinski definition) is 7. The first-order valence-corrected chi connectivity index (χ1v) is 10.6. The summed E-state index contributed by atoms with van der Waals surface area (Å²) in [4.78, 5) is 0. The van der Waals surface area contributed by atoms with Crippen molar-refractivity contribution in [2.75, 3.05) is 26.4 Å². The van der Waals surface area contributed by atoms with Gasteiger partial charge in [-0.15, -0.1) is 0 Å². The highest BCUT2D eigenvalue weighted by atomic mass is 16.5. The summed E-state index contributed by atoms with van der Waals surface area (Å²) in [5.74, 6) is 0. The summed E-state index contributed by atoms with van der Waals surface area (Å²) in [5.41, 5.74) is 0. The van der Waals surface area contributed by atoms with Crippen LogP contribution in [0.15, 0.2) is 0 Å². The lowest BCUT2D eigenvalue weighted by Gasteiger charge is -2.25. The predicted octanol–water partition coefficient (Wildman–Crippen LogP) is 1.11. The van der Waals surface area contributed by atoms with Crippen molar-refractivity contribution in [1.29, 1.82) is 0 Å². The predicted molar refractivity (Wildman–Crippen MR) is 104 cm³/mol. The summed E-state index contributed by atoms with van der Waals surface area (Å²) >= 11 is 0. The first kappa shape index (κ1) is 26.7. The second-order valence-corrected chi connectivity index (χ2v) is 7.34. The number of aliphatic hydroxyl groups excluding tert-OH is 6. The van der Waals surface area contributed by atoms with Gasteiger partial charge in [0.05, 0.1) is 13.2 Å². The Morgan fingerprint density at radius 2 is 0.926 bits per heavy atom. The zero-order valence-corrected chi connectivity index (χ0v) is 16.7. The minimum atomic E-state index is -1.60. The first-order valence-electron chi connectivity index (χ1n) is 10.6. The average Bonchev–Trinajstić information content (AvgIpc) is 2.68. The highest BCUT2D eigenvalue weighted by Crippen LogP contribution is 2.12. The third-order valence-electron chi connectivity index (χ3n) is 4.81. The molecule has 0 aromatic rings. The lowest BCUT2D eigenvalue weighted by Crippen LogP contribution is -2.47. The third kappa shape index (κ3) is 15.3. The standard InChI is InChI=1S/C20H42O7/c21-13-11-9-7-5-3-1-2-4-6-8-10-12-14-27-16-18(24)20(26)19(25)17(23)15-22/h17-26H,1-16H2/t17-,18+,19-,20-/m1/s1.